The third-order valence-electron chi connectivity index (χ3n) is 15.5. The molecule has 0 unspecified atom stereocenters. The molecule has 6 N–H and O–H groups in total. The number of aliphatic hydroxyl groups is 3. The molecule has 2 aromatic rings. The number of aromatic amines is 1. The quantitative estimate of drug-likeness (QED) is 0.0541. The Bertz CT molecular complexity index is 2450. The standard InChI is InChI=1S/C51H82N4O18S2/c1-15-36-51(10,63)43(59)28(4)39(56)26(2)22-49(8,66-13)44(72-48-41(58)35(55(11)12)20-27(3)68-48)29(5)42(30(6)47(62)70-36)71-38-23-50(9,67-14)45(31(7)69-38)73-75(64,65)19-17-52-16-18-74-37-21-32-34(25-54-37)53-24-33(40(32)57)46(60)61/h21,24-31,35-36,38,41-45,48,52,58-59,63H,15-20,22-23H2,1-14H3,(H,53,57)(H,60,61)/t26-,27-,28+,29+,30-,31+,35+,36-,38+,41-,42+,43-,44-,45+,48+,49-,50-,51-/m1/s1. The SMILES string of the molecule is CC[C@H]1OC(=O)[C@H](C)[C@@H](O[C@H]2C[C@@](C)(OC)[C@@H](OS(=O)(=O)CCNCCSc3cc4c(=O)c(C(=O)O)c[nH]c4cn3)[C@H](C)O2)[C@H](C)[C@@H](O[C@@H]2O[C@H](C)C[C@H](N(C)C)[C@H]2O)[C@](C)(OC)C[C@@H](C)C(=O)[C@H](C)[C@@H](O)[C@]1(C)O. The van der Waals surface area contributed by atoms with E-state index < -0.39 is 129 Å². The van der Waals surface area contributed by atoms with Gasteiger partial charge in [-0.1, -0.05) is 27.7 Å². The number of carboxylic acids is 1. The number of Topliss-reactive ketones (excluding diaryl/α,β-unsaturated/α-hetero) is 1. The second-order valence-corrected chi connectivity index (χ2v) is 24.3. The predicted octanol–water partition coefficient (Wildman–Crippen LogP) is 3.11. The minimum absolute atomic E-state index is 0.0150. The lowest BCUT2D eigenvalue weighted by atomic mass is 9.74. The van der Waals surface area contributed by atoms with Crippen LogP contribution in [0.2, 0.25) is 0 Å². The summed E-state index contributed by atoms with van der Waals surface area (Å²) >= 11 is 1.29. The van der Waals surface area contributed by atoms with Crippen LogP contribution in [0.15, 0.2) is 28.3 Å². The summed E-state index contributed by atoms with van der Waals surface area (Å²) in [7, 11) is 2.35. The van der Waals surface area contributed by atoms with Crippen molar-refractivity contribution in [1.29, 1.82) is 0 Å². The van der Waals surface area contributed by atoms with Gasteiger partial charge in [-0.05, 0) is 81.0 Å². The molecule has 0 aliphatic carbocycles. The Balaban J connectivity index is 1.38. The number of carboxylic acid groups (broad SMARTS) is 1. The lowest BCUT2D eigenvalue weighted by Gasteiger charge is -2.50. The number of thioether (sulfide) groups is 1. The lowest BCUT2D eigenvalue weighted by Crippen LogP contribution is -2.62. The maximum Gasteiger partial charge on any atom is 0.341 e. The number of H-pyrrole nitrogens is 1. The molecular weight excluding hydrogens is 1020 g/mol. The van der Waals surface area contributed by atoms with E-state index in [0.717, 1.165) is 6.20 Å². The Morgan fingerprint density at radius 3 is 2.23 bits per heavy atom. The number of methoxy groups -OCH3 is 2. The molecular formula is C51H82N4O18S2. The number of ether oxygens (including phenoxy) is 7. The summed E-state index contributed by atoms with van der Waals surface area (Å²) in [4.78, 5) is 61.8. The van der Waals surface area contributed by atoms with E-state index in [-0.39, 0.29) is 54.7 Å². The molecule has 18 atom stereocenters. The zero-order chi connectivity index (χ0) is 56.1. The van der Waals surface area contributed by atoms with E-state index in [0.29, 0.717) is 29.3 Å². The average Bonchev–Trinajstić information content (AvgIpc) is 3.35. The third kappa shape index (κ3) is 14.5. The maximum atomic E-state index is 14.5. The second kappa shape index (κ2) is 25.7. The predicted molar refractivity (Wildman–Crippen MR) is 277 cm³/mol. The van der Waals surface area contributed by atoms with Crippen molar-refractivity contribution in [3.05, 3.63) is 34.2 Å². The molecule has 5 rings (SSSR count). The fraction of sp³-hybridized carbons (Fsp3) is 0.784. The molecule has 426 valence electrons. The first-order valence-electron chi connectivity index (χ1n) is 25.7. The Morgan fingerprint density at radius 1 is 0.960 bits per heavy atom. The number of carbonyl (C=O) groups is 3. The van der Waals surface area contributed by atoms with Crippen LogP contribution in [0.3, 0.4) is 0 Å². The normalized spacial score (nSPS) is 37.8. The summed E-state index contributed by atoms with van der Waals surface area (Å²) in [6.45, 7) is 16.9. The zero-order valence-electron chi connectivity index (χ0n) is 45.8. The van der Waals surface area contributed by atoms with Crippen LogP contribution < -0.4 is 10.7 Å². The summed E-state index contributed by atoms with van der Waals surface area (Å²) in [6.07, 6.45) is -8.05. The van der Waals surface area contributed by atoms with Crippen LogP contribution in [0.1, 0.15) is 105 Å². The van der Waals surface area contributed by atoms with Crippen molar-refractivity contribution >= 4 is 50.5 Å². The molecule has 3 saturated heterocycles. The van der Waals surface area contributed by atoms with Gasteiger partial charge in [-0.15, -0.1) is 11.8 Å². The number of hydrogen-bond donors (Lipinski definition) is 6. The molecule has 0 radical (unpaired) electrons. The van der Waals surface area contributed by atoms with E-state index in [1.54, 1.807) is 48.5 Å². The van der Waals surface area contributed by atoms with Gasteiger partial charge >= 0.3 is 11.9 Å². The second-order valence-electron chi connectivity index (χ2n) is 21.5. The number of aromatic carboxylic acids is 1. The molecule has 0 spiro atoms. The first-order valence-corrected chi connectivity index (χ1v) is 28.2. The highest BCUT2D eigenvalue weighted by molar-refractivity contribution is 7.99. The number of aromatic nitrogens is 2. The van der Waals surface area contributed by atoms with Gasteiger partial charge in [0.25, 0.3) is 10.1 Å². The molecule has 0 saturated carbocycles. The number of hydrogen-bond acceptors (Lipinski definition) is 21. The molecule has 2 aromatic heterocycles. The number of aliphatic hydroxyl groups excluding tert-OH is 2. The molecule has 0 bridgehead atoms. The van der Waals surface area contributed by atoms with Gasteiger partial charge in [0.2, 0.25) is 5.43 Å². The average molecular weight is 1100 g/mol. The first kappa shape index (κ1) is 62.6. The number of fused-ring (bicyclic) bond motifs is 1. The molecule has 22 nitrogen and oxygen atoms in total. The number of carbonyl (C=O) groups excluding carboxylic acids is 2. The monoisotopic (exact) mass is 1100 g/mol. The Morgan fingerprint density at radius 2 is 1.61 bits per heavy atom. The zero-order valence-corrected chi connectivity index (χ0v) is 47.4. The fourth-order valence-electron chi connectivity index (χ4n) is 10.8. The summed E-state index contributed by atoms with van der Waals surface area (Å²) < 4.78 is 77.9. The largest absolute Gasteiger partial charge is 0.477 e. The highest BCUT2D eigenvalue weighted by atomic mass is 32.2. The number of likely N-dealkylation sites (N-methyl/N-ethyl adjacent to an activating group) is 1. The molecule has 5 heterocycles. The van der Waals surface area contributed by atoms with Crippen molar-refractivity contribution in [3.8, 4) is 0 Å². The van der Waals surface area contributed by atoms with Crippen LogP contribution >= 0.6 is 11.8 Å². The third-order valence-corrected chi connectivity index (χ3v) is 17.6. The number of cyclic esters (lactones) is 1. The van der Waals surface area contributed by atoms with Crippen molar-refractivity contribution in [1.82, 2.24) is 20.2 Å². The van der Waals surface area contributed by atoms with Crippen molar-refractivity contribution in [2.24, 2.45) is 23.7 Å². The van der Waals surface area contributed by atoms with E-state index in [4.69, 9.17) is 37.3 Å². The minimum atomic E-state index is -4.22. The van der Waals surface area contributed by atoms with Gasteiger partial charge in [0.15, 0.2) is 12.6 Å². The molecule has 3 fully saturated rings. The van der Waals surface area contributed by atoms with Gasteiger partial charge in [-0.3, -0.25) is 18.6 Å². The van der Waals surface area contributed by atoms with Crippen molar-refractivity contribution in [2.75, 3.05) is 52.9 Å². The van der Waals surface area contributed by atoms with E-state index in [2.05, 4.69) is 15.3 Å². The minimum Gasteiger partial charge on any atom is -0.477 e. The molecule has 24 heteroatoms. The number of rotatable bonds is 18. The first-order chi connectivity index (χ1) is 34.9. The van der Waals surface area contributed by atoms with Crippen molar-refractivity contribution in [3.63, 3.8) is 0 Å². The molecule has 0 amide bonds. The number of nitrogens with zero attached hydrogens (tertiary/aromatic N) is 2. The fourth-order valence-corrected chi connectivity index (χ4v) is 12.8. The van der Waals surface area contributed by atoms with Gasteiger partial charge in [-0.25, -0.2) is 9.78 Å². The molecule has 0 aromatic carbocycles. The van der Waals surface area contributed by atoms with E-state index in [1.807, 2.05) is 25.9 Å². The molecule has 3 aliphatic rings. The van der Waals surface area contributed by atoms with Gasteiger partial charge in [0, 0.05) is 69.5 Å². The van der Waals surface area contributed by atoms with E-state index in [1.165, 1.54) is 52.1 Å². The highest BCUT2D eigenvalue weighted by Gasteiger charge is 2.55. The smallest absolute Gasteiger partial charge is 0.341 e. The van der Waals surface area contributed by atoms with Crippen LogP contribution in [-0.4, -0.2) is 199 Å². The number of ketones is 1. The number of pyridine rings is 2. The highest BCUT2D eigenvalue weighted by Crippen LogP contribution is 2.42. The summed E-state index contributed by atoms with van der Waals surface area (Å²) in [5.41, 5.74) is -5.40. The number of esters is 1. The van der Waals surface area contributed by atoms with Crippen LogP contribution in [0.25, 0.3) is 10.9 Å². The Hall–Kier alpha value is -3.21. The summed E-state index contributed by atoms with van der Waals surface area (Å²) in [5, 5.41) is 48.3. The number of nitrogens with one attached hydrogen (secondary N) is 2. The van der Waals surface area contributed by atoms with Gasteiger partial charge < -0.3 is 68.8 Å². The lowest BCUT2D eigenvalue weighted by molar-refractivity contribution is -0.317. The van der Waals surface area contributed by atoms with Crippen LogP contribution in [0, 0.1) is 23.7 Å². The van der Waals surface area contributed by atoms with Crippen LogP contribution in [0.4, 0.5) is 0 Å². The molecule has 75 heavy (non-hydrogen) atoms. The van der Waals surface area contributed by atoms with Gasteiger partial charge in [0.05, 0.1) is 75.5 Å². The Labute approximate surface area is 444 Å². The maximum absolute atomic E-state index is 14.5. The van der Waals surface area contributed by atoms with Crippen molar-refractivity contribution in [2.45, 2.75) is 184 Å². The van der Waals surface area contributed by atoms with E-state index >= 15 is 0 Å². The summed E-state index contributed by atoms with van der Waals surface area (Å²) in [5.74, 6) is -6.38. The molecule has 3 aliphatic heterocycles. The van der Waals surface area contributed by atoms with Gasteiger partial charge in [-0.2, -0.15) is 8.42 Å². The Kier molecular flexibility index (Phi) is 21.5. The van der Waals surface area contributed by atoms with Crippen molar-refractivity contribution < 1.29 is 80.6 Å². The van der Waals surface area contributed by atoms with E-state index in [9.17, 15) is 48.0 Å². The topological polar surface area (TPSA) is 301 Å². The van der Waals surface area contributed by atoms with Gasteiger partial charge in [0.1, 0.15) is 35.3 Å². The van der Waals surface area contributed by atoms with Crippen LogP contribution in [-0.2, 0) is 57.0 Å². The van der Waals surface area contributed by atoms with Crippen LogP contribution in [0.5, 0.6) is 0 Å². The summed E-state index contributed by atoms with van der Waals surface area (Å²) in [6, 6.07) is 1.15.